The van der Waals surface area contributed by atoms with Gasteiger partial charge in [-0.05, 0) is 30.0 Å². The van der Waals surface area contributed by atoms with Crippen LogP contribution in [0.2, 0.25) is 0 Å². The fourth-order valence-electron chi connectivity index (χ4n) is 2.00. The molecule has 0 bridgehead atoms. The number of aryl methyl sites for hydroxylation is 2. The predicted molar refractivity (Wildman–Crippen MR) is 72.5 cm³/mol. The number of nitrogens with two attached hydrogens (primary N) is 1. The van der Waals surface area contributed by atoms with Crippen LogP contribution in [0.3, 0.4) is 0 Å². The summed E-state index contributed by atoms with van der Waals surface area (Å²) in [6.45, 7) is 3.85. The number of hydrogen-bond donors (Lipinski definition) is 1. The van der Waals surface area contributed by atoms with E-state index in [9.17, 15) is 13.2 Å². The van der Waals surface area contributed by atoms with Crippen LogP contribution in [0.25, 0.3) is 0 Å². The van der Waals surface area contributed by atoms with Crippen molar-refractivity contribution in [1.82, 2.24) is 0 Å². The summed E-state index contributed by atoms with van der Waals surface area (Å²) in [5.74, 6) is -0.551. The summed E-state index contributed by atoms with van der Waals surface area (Å²) in [5, 5.41) is 5.21. The van der Waals surface area contributed by atoms with E-state index in [1.165, 1.54) is 13.2 Å². The molecular weight excluding hydrogens is 266 g/mol. The van der Waals surface area contributed by atoms with Crippen LogP contribution in [0.1, 0.15) is 41.8 Å². The monoisotopic (exact) mass is 285 g/mol. The highest BCUT2D eigenvalue weighted by atomic mass is 32.2. The highest BCUT2D eigenvalue weighted by Gasteiger charge is 2.20. The minimum Gasteiger partial charge on any atom is -0.465 e. The predicted octanol–water partition coefficient (Wildman–Crippen LogP) is 1.64. The quantitative estimate of drug-likeness (QED) is 0.833. The van der Waals surface area contributed by atoms with Crippen LogP contribution in [0, 0.1) is 0 Å². The number of carbonyl (C=O) groups is 1. The normalized spacial score (nSPS) is 11.4. The Hall–Kier alpha value is -1.40. The molecule has 0 saturated heterocycles. The van der Waals surface area contributed by atoms with Crippen molar-refractivity contribution < 1.29 is 17.9 Å². The lowest BCUT2D eigenvalue weighted by Gasteiger charge is -2.13. The van der Waals surface area contributed by atoms with E-state index in [2.05, 4.69) is 4.74 Å². The highest BCUT2D eigenvalue weighted by molar-refractivity contribution is 7.89. The van der Waals surface area contributed by atoms with Crippen LogP contribution < -0.4 is 5.14 Å². The van der Waals surface area contributed by atoms with Gasteiger partial charge < -0.3 is 4.74 Å². The summed E-state index contributed by atoms with van der Waals surface area (Å²) in [4.78, 5) is 11.7. The molecule has 1 aromatic carbocycles. The zero-order valence-corrected chi connectivity index (χ0v) is 12.2. The van der Waals surface area contributed by atoms with Gasteiger partial charge in [0, 0.05) is 0 Å². The first kappa shape index (κ1) is 15.7. The molecule has 0 aromatic heterocycles. The molecule has 0 aliphatic heterocycles. The Morgan fingerprint density at radius 1 is 1.26 bits per heavy atom. The number of hydrogen-bond acceptors (Lipinski definition) is 4. The lowest BCUT2D eigenvalue weighted by atomic mass is 9.99. The zero-order valence-electron chi connectivity index (χ0n) is 11.4. The Morgan fingerprint density at radius 3 is 2.32 bits per heavy atom. The van der Waals surface area contributed by atoms with Gasteiger partial charge in [0.15, 0.2) is 0 Å². The van der Waals surface area contributed by atoms with Crippen LogP contribution in [0.5, 0.6) is 0 Å². The number of carbonyl (C=O) groups excluding carboxylic acids is 1. The van der Waals surface area contributed by atoms with E-state index in [-0.39, 0.29) is 10.5 Å². The van der Waals surface area contributed by atoms with Crippen molar-refractivity contribution in [3.05, 3.63) is 28.8 Å². The van der Waals surface area contributed by atoms with E-state index in [4.69, 9.17) is 5.14 Å². The first-order chi connectivity index (χ1) is 8.85. The number of ether oxygens (including phenoxy) is 1. The maximum absolute atomic E-state index is 11.7. The number of esters is 1. The van der Waals surface area contributed by atoms with Crippen molar-refractivity contribution in [2.75, 3.05) is 7.11 Å². The maximum Gasteiger partial charge on any atom is 0.338 e. The Labute approximate surface area is 113 Å². The Kier molecular flexibility index (Phi) is 5.08. The fourth-order valence-corrected chi connectivity index (χ4v) is 2.81. The molecule has 1 rings (SSSR count). The second-order valence-electron chi connectivity index (χ2n) is 4.26. The molecule has 0 aliphatic rings. The van der Waals surface area contributed by atoms with Crippen molar-refractivity contribution in [3.8, 4) is 0 Å². The number of rotatable bonds is 5. The molecule has 19 heavy (non-hydrogen) atoms. The summed E-state index contributed by atoms with van der Waals surface area (Å²) in [6.07, 6.45) is 2.01. The molecule has 0 saturated carbocycles. The second kappa shape index (κ2) is 6.16. The molecule has 0 radical (unpaired) electrons. The molecule has 0 unspecified atom stereocenters. The zero-order chi connectivity index (χ0) is 14.6. The third kappa shape index (κ3) is 3.54. The minimum absolute atomic E-state index is 0.00644. The molecule has 6 heteroatoms. The Morgan fingerprint density at radius 2 is 1.89 bits per heavy atom. The Balaban J connectivity index is 3.56. The lowest BCUT2D eigenvalue weighted by Crippen LogP contribution is -2.17. The van der Waals surface area contributed by atoms with Crippen LogP contribution in [-0.4, -0.2) is 21.5 Å². The third-order valence-corrected chi connectivity index (χ3v) is 3.89. The number of sulfonamides is 1. The van der Waals surface area contributed by atoms with Crippen molar-refractivity contribution in [2.24, 2.45) is 5.14 Å². The summed E-state index contributed by atoms with van der Waals surface area (Å²) in [7, 11) is -2.59. The van der Waals surface area contributed by atoms with E-state index >= 15 is 0 Å². The molecule has 2 N–H and O–H groups in total. The third-order valence-electron chi connectivity index (χ3n) is 2.90. The van der Waals surface area contributed by atoms with Crippen molar-refractivity contribution >= 4 is 16.0 Å². The van der Waals surface area contributed by atoms with Crippen molar-refractivity contribution in [2.45, 2.75) is 38.0 Å². The van der Waals surface area contributed by atoms with E-state index in [0.717, 1.165) is 12.0 Å². The lowest BCUT2D eigenvalue weighted by molar-refractivity contribution is 0.0599. The van der Waals surface area contributed by atoms with Gasteiger partial charge in [-0.15, -0.1) is 0 Å². The van der Waals surface area contributed by atoms with E-state index in [0.29, 0.717) is 18.4 Å². The van der Waals surface area contributed by atoms with Gasteiger partial charge in [0.1, 0.15) is 0 Å². The molecule has 0 heterocycles. The van der Waals surface area contributed by atoms with Gasteiger partial charge in [-0.2, -0.15) is 0 Å². The van der Waals surface area contributed by atoms with Crippen LogP contribution in [0.4, 0.5) is 0 Å². The number of primary sulfonamides is 1. The number of benzene rings is 1. The molecule has 0 atom stereocenters. The van der Waals surface area contributed by atoms with E-state index in [1.807, 2.05) is 13.8 Å². The van der Waals surface area contributed by atoms with E-state index < -0.39 is 16.0 Å². The van der Waals surface area contributed by atoms with Gasteiger partial charge in [0.25, 0.3) is 0 Å². The van der Waals surface area contributed by atoms with Crippen molar-refractivity contribution in [1.29, 1.82) is 0 Å². The first-order valence-corrected chi connectivity index (χ1v) is 7.66. The molecule has 0 amide bonds. The van der Waals surface area contributed by atoms with Crippen LogP contribution in [-0.2, 0) is 27.6 Å². The molecule has 0 aliphatic carbocycles. The molecule has 5 nitrogen and oxygen atoms in total. The van der Waals surface area contributed by atoms with Crippen LogP contribution >= 0.6 is 0 Å². The largest absolute Gasteiger partial charge is 0.465 e. The second-order valence-corrected chi connectivity index (χ2v) is 5.79. The minimum atomic E-state index is -3.85. The summed E-state index contributed by atoms with van der Waals surface area (Å²) in [6, 6.07) is 3.06. The molecule has 0 fully saturated rings. The standard InChI is InChI=1S/C13H19NO4S/c1-4-6-10-7-9(5-2)11(13(15)18-3)8-12(10)19(14,16)17/h7-8H,4-6H2,1-3H3,(H2,14,16,17). The van der Waals surface area contributed by atoms with Gasteiger partial charge >= 0.3 is 5.97 Å². The maximum atomic E-state index is 11.7. The van der Waals surface area contributed by atoms with Gasteiger partial charge in [-0.3, -0.25) is 0 Å². The smallest absolute Gasteiger partial charge is 0.338 e. The first-order valence-electron chi connectivity index (χ1n) is 6.12. The van der Waals surface area contributed by atoms with Gasteiger partial charge in [0.2, 0.25) is 10.0 Å². The Bertz CT molecular complexity index is 579. The van der Waals surface area contributed by atoms with Gasteiger partial charge in [-0.1, -0.05) is 26.3 Å². The molecule has 0 spiro atoms. The molecule has 1 aromatic rings. The average molecular weight is 285 g/mol. The molecular formula is C13H19NO4S. The van der Waals surface area contributed by atoms with Crippen LogP contribution in [0.15, 0.2) is 17.0 Å². The summed E-state index contributed by atoms with van der Waals surface area (Å²) >= 11 is 0. The SMILES string of the molecule is CCCc1cc(CC)c(C(=O)OC)cc1S(N)(=O)=O. The van der Waals surface area contributed by atoms with Crippen molar-refractivity contribution in [3.63, 3.8) is 0 Å². The summed E-state index contributed by atoms with van der Waals surface area (Å²) < 4.78 is 27.9. The topological polar surface area (TPSA) is 86.5 Å². The summed E-state index contributed by atoms with van der Waals surface area (Å²) in [5.41, 5.74) is 1.67. The van der Waals surface area contributed by atoms with Gasteiger partial charge in [-0.25, -0.2) is 18.4 Å². The van der Waals surface area contributed by atoms with E-state index in [1.54, 1.807) is 6.07 Å². The number of methoxy groups -OCH3 is 1. The average Bonchev–Trinajstić information content (AvgIpc) is 2.36. The highest BCUT2D eigenvalue weighted by Crippen LogP contribution is 2.23. The fraction of sp³-hybridized carbons (Fsp3) is 0.462. The van der Waals surface area contributed by atoms with Gasteiger partial charge in [0.05, 0.1) is 17.6 Å². The molecule has 106 valence electrons.